The highest BCUT2D eigenvalue weighted by Gasteiger charge is 2.10. The number of nitrogen functional groups attached to an aromatic ring is 1. The first-order valence-electron chi connectivity index (χ1n) is 5.94. The molecule has 2 rings (SSSR count). The number of halogens is 1. The lowest BCUT2D eigenvalue weighted by atomic mass is 10.1. The zero-order chi connectivity index (χ0) is 14.5. The van der Waals surface area contributed by atoms with E-state index in [0.717, 1.165) is 5.56 Å². The minimum absolute atomic E-state index is 0.207. The number of hydrogen-bond acceptors (Lipinski definition) is 6. The summed E-state index contributed by atoms with van der Waals surface area (Å²) >= 11 is 5.96. The minimum atomic E-state index is -0.701. The van der Waals surface area contributed by atoms with E-state index in [-0.39, 0.29) is 12.6 Å². The molecule has 0 saturated carbocycles. The van der Waals surface area contributed by atoms with Gasteiger partial charge in [0.2, 0.25) is 0 Å². The quantitative estimate of drug-likeness (QED) is 0.729. The highest BCUT2D eigenvalue weighted by Crippen LogP contribution is 2.22. The molecule has 0 aliphatic heterocycles. The average molecular weight is 295 g/mol. The molecule has 0 saturated heterocycles. The van der Waals surface area contributed by atoms with Crippen LogP contribution in [0.5, 0.6) is 6.01 Å². The number of nitrogens with two attached hydrogens (primary N) is 1. The Morgan fingerprint density at radius 1 is 1.40 bits per heavy atom. The second-order valence-corrected chi connectivity index (χ2v) is 4.52. The van der Waals surface area contributed by atoms with Crippen molar-refractivity contribution in [2.45, 2.75) is 6.10 Å². The van der Waals surface area contributed by atoms with Crippen LogP contribution in [-0.4, -0.2) is 28.7 Å². The van der Waals surface area contributed by atoms with Crippen LogP contribution in [0, 0.1) is 0 Å². The third-order valence-corrected chi connectivity index (χ3v) is 2.97. The maximum atomic E-state index is 10.1. The van der Waals surface area contributed by atoms with Gasteiger partial charge in [0.25, 0.3) is 0 Å². The van der Waals surface area contributed by atoms with E-state index in [1.54, 1.807) is 24.3 Å². The summed E-state index contributed by atoms with van der Waals surface area (Å²) in [4.78, 5) is 7.93. The van der Waals surface area contributed by atoms with Crippen molar-refractivity contribution in [3.63, 3.8) is 0 Å². The summed E-state index contributed by atoms with van der Waals surface area (Å²) in [5.74, 6) is 0.410. The van der Waals surface area contributed by atoms with Crippen molar-refractivity contribution in [1.82, 2.24) is 9.97 Å². The molecule has 0 radical (unpaired) electrons. The molecule has 20 heavy (non-hydrogen) atoms. The molecular formula is C13H15ClN4O2. The van der Waals surface area contributed by atoms with Crippen LogP contribution >= 0.6 is 11.6 Å². The minimum Gasteiger partial charge on any atom is -0.467 e. The van der Waals surface area contributed by atoms with E-state index < -0.39 is 6.10 Å². The maximum Gasteiger partial charge on any atom is 0.318 e. The van der Waals surface area contributed by atoms with Gasteiger partial charge in [-0.2, -0.15) is 4.98 Å². The summed E-state index contributed by atoms with van der Waals surface area (Å²) in [5, 5.41) is 13.4. The van der Waals surface area contributed by atoms with E-state index in [2.05, 4.69) is 15.3 Å². The third-order valence-electron chi connectivity index (χ3n) is 2.69. The molecule has 1 unspecified atom stereocenters. The molecule has 1 atom stereocenters. The van der Waals surface area contributed by atoms with Crippen LogP contribution in [0.4, 0.5) is 11.5 Å². The molecule has 0 aliphatic rings. The van der Waals surface area contributed by atoms with Crippen molar-refractivity contribution >= 4 is 23.1 Å². The summed E-state index contributed by atoms with van der Waals surface area (Å²) in [6, 6.07) is 7.21. The summed E-state index contributed by atoms with van der Waals surface area (Å²) in [7, 11) is 1.47. The molecular weight excluding hydrogens is 280 g/mol. The zero-order valence-corrected chi connectivity index (χ0v) is 11.6. The molecule has 4 N–H and O–H groups in total. The maximum absolute atomic E-state index is 10.1. The molecule has 1 aromatic carbocycles. The molecule has 0 spiro atoms. The number of aliphatic hydroxyl groups is 1. The SMILES string of the molecule is COc1ncc(Cl)c(NCC(O)c2ccc(N)cc2)n1. The van der Waals surface area contributed by atoms with E-state index >= 15 is 0 Å². The Balaban J connectivity index is 2.02. The third kappa shape index (κ3) is 3.49. The van der Waals surface area contributed by atoms with Gasteiger partial charge in [0.15, 0.2) is 5.82 Å². The predicted molar refractivity (Wildman–Crippen MR) is 77.9 cm³/mol. The zero-order valence-electron chi connectivity index (χ0n) is 10.9. The van der Waals surface area contributed by atoms with E-state index in [4.69, 9.17) is 22.1 Å². The van der Waals surface area contributed by atoms with Gasteiger partial charge in [-0.15, -0.1) is 0 Å². The highest BCUT2D eigenvalue weighted by molar-refractivity contribution is 6.32. The number of anilines is 2. The van der Waals surface area contributed by atoms with Crippen LogP contribution in [0.15, 0.2) is 30.5 Å². The van der Waals surface area contributed by atoms with Crippen molar-refractivity contribution in [3.05, 3.63) is 41.0 Å². The smallest absolute Gasteiger partial charge is 0.318 e. The van der Waals surface area contributed by atoms with E-state index in [1.807, 2.05) is 0 Å². The summed E-state index contributed by atoms with van der Waals surface area (Å²) in [5.41, 5.74) is 7.00. The highest BCUT2D eigenvalue weighted by atomic mass is 35.5. The van der Waals surface area contributed by atoms with Gasteiger partial charge in [-0.05, 0) is 17.7 Å². The van der Waals surface area contributed by atoms with Gasteiger partial charge in [0, 0.05) is 12.2 Å². The largest absolute Gasteiger partial charge is 0.467 e. The molecule has 6 nitrogen and oxygen atoms in total. The summed E-state index contributed by atoms with van der Waals surface area (Å²) < 4.78 is 4.92. The number of aliphatic hydroxyl groups excluding tert-OH is 1. The first-order chi connectivity index (χ1) is 9.60. The number of methoxy groups -OCH3 is 1. The van der Waals surface area contributed by atoms with E-state index in [9.17, 15) is 5.11 Å². The van der Waals surface area contributed by atoms with E-state index in [0.29, 0.717) is 16.5 Å². The first kappa shape index (κ1) is 14.4. The Hall–Kier alpha value is -2.05. The van der Waals surface area contributed by atoms with Gasteiger partial charge >= 0.3 is 6.01 Å². The number of nitrogens with zero attached hydrogens (tertiary/aromatic N) is 2. The monoisotopic (exact) mass is 294 g/mol. The summed E-state index contributed by atoms with van der Waals surface area (Å²) in [6.45, 7) is 0.254. The van der Waals surface area contributed by atoms with Gasteiger partial charge in [0.05, 0.1) is 19.4 Å². The van der Waals surface area contributed by atoms with Crippen LogP contribution in [0.25, 0.3) is 0 Å². The topological polar surface area (TPSA) is 93.3 Å². The molecule has 1 aromatic heterocycles. The number of ether oxygens (including phenoxy) is 1. The molecule has 0 aliphatic carbocycles. The van der Waals surface area contributed by atoms with Crippen LogP contribution in [-0.2, 0) is 0 Å². The molecule has 2 aromatic rings. The van der Waals surface area contributed by atoms with Crippen LogP contribution in [0.2, 0.25) is 5.02 Å². The molecule has 0 fully saturated rings. The summed E-state index contributed by atoms with van der Waals surface area (Å²) in [6.07, 6.45) is 0.735. The number of aromatic nitrogens is 2. The number of rotatable bonds is 5. The lowest BCUT2D eigenvalue weighted by Crippen LogP contribution is -2.13. The van der Waals surface area contributed by atoms with Crippen molar-refractivity contribution in [2.75, 3.05) is 24.7 Å². The van der Waals surface area contributed by atoms with E-state index in [1.165, 1.54) is 13.3 Å². The molecule has 1 heterocycles. The molecule has 7 heteroatoms. The van der Waals surface area contributed by atoms with Gasteiger partial charge in [-0.25, -0.2) is 4.98 Å². The van der Waals surface area contributed by atoms with Crippen LogP contribution in [0.1, 0.15) is 11.7 Å². The molecule has 106 valence electrons. The van der Waals surface area contributed by atoms with Gasteiger partial charge in [-0.3, -0.25) is 0 Å². The van der Waals surface area contributed by atoms with Crippen molar-refractivity contribution in [3.8, 4) is 6.01 Å². The number of hydrogen-bond donors (Lipinski definition) is 3. The number of benzene rings is 1. The molecule has 0 bridgehead atoms. The van der Waals surface area contributed by atoms with Gasteiger partial charge in [0.1, 0.15) is 5.02 Å². The Morgan fingerprint density at radius 3 is 2.75 bits per heavy atom. The fraction of sp³-hybridized carbons (Fsp3) is 0.231. The van der Waals surface area contributed by atoms with Crippen molar-refractivity contribution in [1.29, 1.82) is 0 Å². The van der Waals surface area contributed by atoms with Crippen LogP contribution in [0.3, 0.4) is 0 Å². The Labute approximate surface area is 121 Å². The Kier molecular flexibility index (Phi) is 4.60. The first-order valence-corrected chi connectivity index (χ1v) is 6.32. The Bertz CT molecular complexity index is 577. The van der Waals surface area contributed by atoms with Crippen LogP contribution < -0.4 is 15.8 Å². The fourth-order valence-corrected chi connectivity index (χ4v) is 1.76. The second-order valence-electron chi connectivity index (χ2n) is 4.12. The molecule has 0 amide bonds. The second kappa shape index (κ2) is 6.40. The Morgan fingerprint density at radius 2 is 2.10 bits per heavy atom. The lowest BCUT2D eigenvalue weighted by molar-refractivity contribution is 0.191. The lowest BCUT2D eigenvalue weighted by Gasteiger charge is -2.13. The average Bonchev–Trinajstić information content (AvgIpc) is 2.47. The number of nitrogens with one attached hydrogen (secondary N) is 1. The van der Waals surface area contributed by atoms with Gasteiger partial charge < -0.3 is 20.9 Å². The fourth-order valence-electron chi connectivity index (χ4n) is 1.60. The van der Waals surface area contributed by atoms with Crippen molar-refractivity contribution < 1.29 is 9.84 Å². The normalized spacial score (nSPS) is 11.9. The van der Waals surface area contributed by atoms with Crippen molar-refractivity contribution in [2.24, 2.45) is 0 Å². The van der Waals surface area contributed by atoms with Gasteiger partial charge in [-0.1, -0.05) is 23.7 Å². The standard InChI is InChI=1S/C13H15ClN4O2/c1-20-13-17-6-10(14)12(18-13)16-7-11(19)8-2-4-9(15)5-3-8/h2-6,11,19H,7,15H2,1H3,(H,16,17,18). The predicted octanol–water partition coefficient (Wildman–Crippen LogP) is 1.87.